The maximum absolute atomic E-state index is 11.1. The van der Waals surface area contributed by atoms with E-state index in [0.717, 1.165) is 56.1 Å². The SMILES string of the molecule is CC(C)(CCCCCc1cc(O)c(CCCCCC(C)(C)C(=O)O)cc1O)OC=O. The van der Waals surface area contributed by atoms with Crippen molar-refractivity contribution in [2.75, 3.05) is 0 Å². The van der Waals surface area contributed by atoms with E-state index in [9.17, 15) is 19.8 Å². The summed E-state index contributed by atoms with van der Waals surface area (Å²) < 4.78 is 5.04. The van der Waals surface area contributed by atoms with Crippen LogP contribution < -0.4 is 0 Å². The third kappa shape index (κ3) is 9.06. The molecule has 0 atom stereocenters. The fourth-order valence-corrected chi connectivity index (χ4v) is 3.46. The summed E-state index contributed by atoms with van der Waals surface area (Å²) >= 11 is 0. The summed E-state index contributed by atoms with van der Waals surface area (Å²) in [6.45, 7) is 7.73. The highest BCUT2D eigenvalue weighted by Gasteiger charge is 2.26. The van der Waals surface area contributed by atoms with Gasteiger partial charge in [0, 0.05) is 0 Å². The average Bonchev–Trinajstić information content (AvgIpc) is 2.64. The number of carbonyl (C=O) groups is 2. The van der Waals surface area contributed by atoms with E-state index in [2.05, 4.69) is 0 Å². The largest absolute Gasteiger partial charge is 0.508 e. The molecule has 0 saturated carbocycles. The first-order valence-electron chi connectivity index (χ1n) is 10.9. The van der Waals surface area contributed by atoms with E-state index in [-0.39, 0.29) is 11.5 Å². The zero-order valence-corrected chi connectivity index (χ0v) is 18.9. The third-order valence-corrected chi connectivity index (χ3v) is 5.70. The predicted octanol–water partition coefficient (Wildman–Crippen LogP) is 5.37. The standard InChI is InChI=1S/C24H38O6/c1-23(2,22(28)29)13-9-5-7-11-18-15-21(27)19(16-20(18)26)12-8-6-10-14-24(3,4)30-17-25/h15-17,26-27H,5-14H2,1-4H3,(H,28,29). The second kappa shape index (κ2) is 11.8. The van der Waals surface area contributed by atoms with Crippen LogP contribution >= 0.6 is 0 Å². The lowest BCUT2D eigenvalue weighted by Crippen LogP contribution is -2.23. The van der Waals surface area contributed by atoms with Gasteiger partial charge >= 0.3 is 5.97 Å². The number of rotatable bonds is 15. The van der Waals surface area contributed by atoms with Gasteiger partial charge in [-0.15, -0.1) is 0 Å². The van der Waals surface area contributed by atoms with Gasteiger partial charge in [-0.05, 0) is 95.9 Å². The average molecular weight is 423 g/mol. The van der Waals surface area contributed by atoms with Gasteiger partial charge < -0.3 is 20.1 Å². The summed E-state index contributed by atoms with van der Waals surface area (Å²) in [6.07, 6.45) is 8.01. The molecule has 6 nitrogen and oxygen atoms in total. The predicted molar refractivity (Wildman–Crippen MR) is 117 cm³/mol. The number of carbonyl (C=O) groups excluding carboxylic acids is 1. The van der Waals surface area contributed by atoms with Crippen molar-refractivity contribution in [2.24, 2.45) is 5.41 Å². The van der Waals surface area contributed by atoms with Gasteiger partial charge in [-0.1, -0.05) is 19.3 Å². The molecule has 0 radical (unpaired) electrons. The molecule has 0 fully saturated rings. The molecule has 30 heavy (non-hydrogen) atoms. The Morgan fingerprint density at radius 3 is 1.77 bits per heavy atom. The normalized spacial score (nSPS) is 12.0. The Morgan fingerprint density at radius 2 is 1.33 bits per heavy atom. The maximum Gasteiger partial charge on any atom is 0.309 e. The summed E-state index contributed by atoms with van der Waals surface area (Å²) in [7, 11) is 0. The topological polar surface area (TPSA) is 104 Å². The van der Waals surface area contributed by atoms with E-state index in [1.807, 2.05) is 13.8 Å². The van der Waals surface area contributed by atoms with Crippen LogP contribution in [0.25, 0.3) is 0 Å². The second-order valence-electron chi connectivity index (χ2n) is 9.39. The Kier molecular flexibility index (Phi) is 10.2. The first-order valence-corrected chi connectivity index (χ1v) is 10.9. The summed E-state index contributed by atoms with van der Waals surface area (Å²) in [5.41, 5.74) is 0.302. The fourth-order valence-electron chi connectivity index (χ4n) is 3.46. The molecule has 0 aliphatic heterocycles. The van der Waals surface area contributed by atoms with Crippen LogP contribution in [-0.2, 0) is 27.2 Å². The molecular weight excluding hydrogens is 384 g/mol. The number of phenolic OH excluding ortho intramolecular Hbond substituents is 2. The Labute approximate surface area is 180 Å². The zero-order valence-electron chi connectivity index (χ0n) is 18.9. The zero-order chi connectivity index (χ0) is 22.8. The molecule has 0 bridgehead atoms. The summed E-state index contributed by atoms with van der Waals surface area (Å²) in [5, 5.41) is 29.7. The number of unbranched alkanes of at least 4 members (excludes halogenated alkanes) is 4. The van der Waals surface area contributed by atoms with Crippen molar-refractivity contribution in [3.05, 3.63) is 23.3 Å². The molecule has 0 spiro atoms. The number of phenols is 2. The number of carboxylic acid groups (broad SMARTS) is 1. The molecule has 1 rings (SSSR count). The van der Waals surface area contributed by atoms with Gasteiger partial charge in [0.1, 0.15) is 17.1 Å². The number of aromatic hydroxyl groups is 2. The van der Waals surface area contributed by atoms with Crippen LogP contribution in [0.3, 0.4) is 0 Å². The van der Waals surface area contributed by atoms with Crippen LogP contribution in [0.4, 0.5) is 0 Å². The molecule has 3 N–H and O–H groups in total. The van der Waals surface area contributed by atoms with Crippen LogP contribution in [-0.4, -0.2) is 33.4 Å². The molecule has 0 aliphatic rings. The Bertz CT molecular complexity index is 693. The van der Waals surface area contributed by atoms with Crippen molar-refractivity contribution in [1.29, 1.82) is 0 Å². The van der Waals surface area contributed by atoms with Crippen LogP contribution in [0.2, 0.25) is 0 Å². The molecule has 0 amide bonds. The van der Waals surface area contributed by atoms with Crippen molar-refractivity contribution >= 4 is 12.4 Å². The number of aliphatic carboxylic acids is 1. The van der Waals surface area contributed by atoms with Gasteiger partial charge in [0.05, 0.1) is 5.41 Å². The van der Waals surface area contributed by atoms with E-state index in [4.69, 9.17) is 9.84 Å². The van der Waals surface area contributed by atoms with E-state index in [1.165, 1.54) is 0 Å². The highest BCUT2D eigenvalue weighted by molar-refractivity contribution is 5.73. The number of ether oxygens (including phenoxy) is 1. The minimum absolute atomic E-state index is 0.203. The van der Waals surface area contributed by atoms with Gasteiger partial charge in [-0.3, -0.25) is 9.59 Å². The molecule has 0 aromatic heterocycles. The molecule has 1 aromatic carbocycles. The van der Waals surface area contributed by atoms with Crippen molar-refractivity contribution in [1.82, 2.24) is 0 Å². The van der Waals surface area contributed by atoms with Crippen LogP contribution in [0.1, 0.15) is 90.2 Å². The Balaban J connectivity index is 2.41. The van der Waals surface area contributed by atoms with Gasteiger partial charge in [-0.2, -0.15) is 0 Å². The molecule has 170 valence electrons. The maximum atomic E-state index is 11.1. The molecule has 6 heteroatoms. The van der Waals surface area contributed by atoms with Crippen molar-refractivity contribution in [3.8, 4) is 11.5 Å². The minimum atomic E-state index is -0.779. The van der Waals surface area contributed by atoms with E-state index in [0.29, 0.717) is 25.7 Å². The Morgan fingerprint density at radius 1 is 0.867 bits per heavy atom. The van der Waals surface area contributed by atoms with Crippen molar-refractivity contribution < 1.29 is 29.6 Å². The monoisotopic (exact) mass is 422 g/mol. The van der Waals surface area contributed by atoms with E-state index >= 15 is 0 Å². The molecular formula is C24H38O6. The smallest absolute Gasteiger partial charge is 0.309 e. The molecule has 0 aliphatic carbocycles. The van der Waals surface area contributed by atoms with E-state index in [1.54, 1.807) is 26.0 Å². The summed E-state index contributed by atoms with van der Waals surface area (Å²) in [5.74, 6) is -0.368. The fraction of sp³-hybridized carbons (Fsp3) is 0.667. The van der Waals surface area contributed by atoms with Gasteiger partial charge in [-0.25, -0.2) is 0 Å². The lowest BCUT2D eigenvalue weighted by Gasteiger charge is -2.22. The third-order valence-electron chi connectivity index (χ3n) is 5.70. The summed E-state index contributed by atoms with van der Waals surface area (Å²) in [6, 6.07) is 3.30. The second-order valence-corrected chi connectivity index (χ2v) is 9.39. The number of carboxylic acids is 1. The van der Waals surface area contributed by atoms with E-state index < -0.39 is 17.0 Å². The number of hydrogen-bond acceptors (Lipinski definition) is 5. The lowest BCUT2D eigenvalue weighted by atomic mass is 9.87. The molecule has 0 unspecified atom stereocenters. The first kappa shape index (κ1) is 25.8. The van der Waals surface area contributed by atoms with Crippen LogP contribution in [0.15, 0.2) is 12.1 Å². The lowest BCUT2D eigenvalue weighted by molar-refractivity contribution is -0.147. The van der Waals surface area contributed by atoms with Crippen LogP contribution in [0, 0.1) is 5.41 Å². The number of aryl methyl sites for hydroxylation is 2. The minimum Gasteiger partial charge on any atom is -0.508 e. The van der Waals surface area contributed by atoms with Gasteiger partial charge in [0.25, 0.3) is 6.47 Å². The summed E-state index contributed by atoms with van der Waals surface area (Å²) in [4.78, 5) is 21.6. The highest BCUT2D eigenvalue weighted by Crippen LogP contribution is 2.31. The molecule has 0 heterocycles. The van der Waals surface area contributed by atoms with Gasteiger partial charge in [0.15, 0.2) is 0 Å². The van der Waals surface area contributed by atoms with Gasteiger partial charge in [0.2, 0.25) is 0 Å². The first-order chi connectivity index (χ1) is 14.0. The quantitative estimate of drug-likeness (QED) is 0.199. The van der Waals surface area contributed by atoms with Crippen molar-refractivity contribution in [3.63, 3.8) is 0 Å². The molecule has 0 saturated heterocycles. The highest BCUT2D eigenvalue weighted by atomic mass is 16.5. The van der Waals surface area contributed by atoms with Crippen LogP contribution in [0.5, 0.6) is 11.5 Å². The number of benzene rings is 1. The molecule has 1 aromatic rings. The number of hydrogen-bond donors (Lipinski definition) is 3. The Hall–Kier alpha value is -2.24. The van der Waals surface area contributed by atoms with Crippen molar-refractivity contribution in [2.45, 2.75) is 97.5 Å².